The third-order valence-electron chi connectivity index (χ3n) is 1.54. The van der Waals surface area contributed by atoms with Crippen LogP contribution in [0.15, 0.2) is 12.3 Å². The van der Waals surface area contributed by atoms with Gasteiger partial charge in [-0.1, -0.05) is 12.2 Å². The number of rotatable bonds is 3. The number of aliphatic carboxylic acids is 1. The van der Waals surface area contributed by atoms with E-state index < -0.39 is 17.8 Å². The first-order valence-electron chi connectivity index (χ1n) is 3.90. The molecule has 0 radical (unpaired) electrons. The molecule has 0 aliphatic carbocycles. The maximum Gasteiger partial charge on any atom is 0.433 e. The van der Waals surface area contributed by atoms with Crippen LogP contribution < -0.4 is 0 Å². The van der Waals surface area contributed by atoms with E-state index >= 15 is 0 Å². The van der Waals surface area contributed by atoms with Crippen molar-refractivity contribution in [1.29, 1.82) is 0 Å². The number of carboxylic acid groups (broad SMARTS) is 1. The van der Waals surface area contributed by atoms with Gasteiger partial charge in [0.25, 0.3) is 0 Å². The fourth-order valence-electron chi connectivity index (χ4n) is 0.936. The lowest BCUT2D eigenvalue weighted by atomic mass is 10.2. The van der Waals surface area contributed by atoms with E-state index in [1.54, 1.807) is 0 Å². The van der Waals surface area contributed by atoms with E-state index in [-0.39, 0.29) is 12.0 Å². The van der Waals surface area contributed by atoms with Crippen molar-refractivity contribution in [3.05, 3.63) is 23.5 Å². The summed E-state index contributed by atoms with van der Waals surface area (Å²) in [4.78, 5) is 10.1. The van der Waals surface area contributed by atoms with Gasteiger partial charge in [0.05, 0.1) is 12.6 Å². The van der Waals surface area contributed by atoms with Crippen molar-refractivity contribution in [3.8, 4) is 0 Å². The molecule has 0 amide bonds. The lowest BCUT2D eigenvalue weighted by Gasteiger charge is -2.03. The van der Waals surface area contributed by atoms with E-state index in [1.165, 1.54) is 0 Å². The van der Waals surface area contributed by atoms with Gasteiger partial charge in [0.15, 0.2) is 0 Å². The summed E-state index contributed by atoms with van der Waals surface area (Å²) in [6, 6.07) is 0. The highest BCUT2D eigenvalue weighted by Crippen LogP contribution is 2.30. The number of carboxylic acids is 1. The SMILES string of the molecule is O=C(O)CC=Cc1cn[nH]c1C(F)(F)F. The van der Waals surface area contributed by atoms with Crippen molar-refractivity contribution >= 4 is 12.0 Å². The summed E-state index contributed by atoms with van der Waals surface area (Å²) in [5.74, 6) is -1.11. The molecule has 82 valence electrons. The topological polar surface area (TPSA) is 66.0 Å². The zero-order valence-corrected chi connectivity index (χ0v) is 7.38. The van der Waals surface area contributed by atoms with E-state index in [0.29, 0.717) is 0 Å². The molecule has 0 fully saturated rings. The van der Waals surface area contributed by atoms with Crippen LogP contribution in [0.1, 0.15) is 17.7 Å². The summed E-state index contributed by atoms with van der Waals surface area (Å²) < 4.78 is 36.7. The lowest BCUT2D eigenvalue weighted by Crippen LogP contribution is -2.07. The number of aromatic amines is 1. The van der Waals surface area contributed by atoms with E-state index in [2.05, 4.69) is 5.10 Å². The number of nitrogens with zero attached hydrogens (tertiary/aromatic N) is 1. The minimum atomic E-state index is -4.51. The van der Waals surface area contributed by atoms with Crippen LogP contribution in [-0.2, 0) is 11.0 Å². The molecule has 15 heavy (non-hydrogen) atoms. The highest BCUT2D eigenvalue weighted by molar-refractivity contribution is 5.70. The van der Waals surface area contributed by atoms with Gasteiger partial charge in [-0.25, -0.2) is 0 Å². The van der Waals surface area contributed by atoms with Gasteiger partial charge in [0.1, 0.15) is 5.69 Å². The Morgan fingerprint density at radius 1 is 1.60 bits per heavy atom. The Morgan fingerprint density at radius 2 is 2.27 bits per heavy atom. The molecule has 0 aliphatic rings. The first-order valence-corrected chi connectivity index (χ1v) is 3.90. The summed E-state index contributed by atoms with van der Waals surface area (Å²) in [5, 5.41) is 13.3. The molecule has 0 saturated heterocycles. The van der Waals surface area contributed by atoms with Crippen molar-refractivity contribution in [2.75, 3.05) is 0 Å². The fraction of sp³-hybridized carbons (Fsp3) is 0.250. The third kappa shape index (κ3) is 3.12. The predicted molar refractivity (Wildman–Crippen MR) is 44.9 cm³/mol. The molecule has 2 N–H and O–H groups in total. The molecule has 0 spiro atoms. The largest absolute Gasteiger partial charge is 0.481 e. The zero-order valence-electron chi connectivity index (χ0n) is 7.38. The summed E-state index contributed by atoms with van der Waals surface area (Å²) in [6.45, 7) is 0. The normalized spacial score (nSPS) is 12.2. The maximum absolute atomic E-state index is 12.2. The van der Waals surface area contributed by atoms with Gasteiger partial charge >= 0.3 is 12.1 Å². The number of carbonyl (C=O) groups is 1. The molecule has 0 aromatic carbocycles. The Hall–Kier alpha value is -1.79. The Kier molecular flexibility index (Phi) is 3.13. The first-order chi connectivity index (χ1) is 6.91. The van der Waals surface area contributed by atoms with Crippen molar-refractivity contribution in [2.45, 2.75) is 12.6 Å². The van der Waals surface area contributed by atoms with Crippen LogP contribution in [0.5, 0.6) is 0 Å². The molecule has 1 aromatic heterocycles. The first kappa shape index (κ1) is 11.3. The van der Waals surface area contributed by atoms with E-state index in [4.69, 9.17) is 5.11 Å². The molecular formula is C8H7F3N2O2. The average molecular weight is 220 g/mol. The Bertz CT molecular complexity index is 381. The fourth-order valence-corrected chi connectivity index (χ4v) is 0.936. The minimum absolute atomic E-state index is 0.177. The molecule has 7 heteroatoms. The van der Waals surface area contributed by atoms with Crippen LogP contribution in [0.2, 0.25) is 0 Å². The molecule has 1 aromatic rings. The van der Waals surface area contributed by atoms with Gasteiger partial charge in [-0.2, -0.15) is 18.3 Å². The van der Waals surface area contributed by atoms with Crippen LogP contribution in [0.25, 0.3) is 6.08 Å². The Morgan fingerprint density at radius 3 is 2.80 bits per heavy atom. The van der Waals surface area contributed by atoms with Crippen molar-refractivity contribution in [1.82, 2.24) is 10.2 Å². The molecule has 1 heterocycles. The highest BCUT2D eigenvalue weighted by atomic mass is 19.4. The predicted octanol–water partition coefficient (Wildman–Crippen LogP) is 1.92. The van der Waals surface area contributed by atoms with Gasteiger partial charge in [-0.05, 0) is 0 Å². The van der Waals surface area contributed by atoms with Gasteiger partial charge in [0, 0.05) is 5.56 Å². The molecular weight excluding hydrogens is 213 g/mol. The summed E-state index contributed by atoms with van der Waals surface area (Å²) in [6.07, 6.45) is -1.66. The molecule has 0 unspecified atom stereocenters. The highest BCUT2D eigenvalue weighted by Gasteiger charge is 2.34. The molecule has 0 bridgehead atoms. The van der Waals surface area contributed by atoms with Gasteiger partial charge in [-0.3, -0.25) is 9.89 Å². The maximum atomic E-state index is 12.2. The Balaban J connectivity index is 2.83. The van der Waals surface area contributed by atoms with Gasteiger partial charge in [0.2, 0.25) is 0 Å². The molecule has 0 atom stereocenters. The summed E-state index contributed by atoms with van der Waals surface area (Å²) in [5.41, 5.74) is -1.16. The number of nitrogens with one attached hydrogen (secondary N) is 1. The number of hydrogen-bond donors (Lipinski definition) is 2. The van der Waals surface area contributed by atoms with E-state index in [9.17, 15) is 18.0 Å². The van der Waals surface area contributed by atoms with Crippen LogP contribution in [0.4, 0.5) is 13.2 Å². The smallest absolute Gasteiger partial charge is 0.433 e. The second-order valence-electron chi connectivity index (χ2n) is 2.70. The quantitative estimate of drug-likeness (QED) is 0.817. The summed E-state index contributed by atoms with van der Waals surface area (Å²) >= 11 is 0. The van der Waals surface area contributed by atoms with Crippen LogP contribution in [0.3, 0.4) is 0 Å². The monoisotopic (exact) mass is 220 g/mol. The van der Waals surface area contributed by atoms with Gasteiger partial charge < -0.3 is 5.11 Å². The van der Waals surface area contributed by atoms with Gasteiger partial charge in [-0.15, -0.1) is 0 Å². The van der Waals surface area contributed by atoms with Crippen molar-refractivity contribution in [2.24, 2.45) is 0 Å². The summed E-state index contributed by atoms with van der Waals surface area (Å²) in [7, 11) is 0. The average Bonchev–Trinajstić information content (AvgIpc) is 2.50. The minimum Gasteiger partial charge on any atom is -0.481 e. The standard InChI is InChI=1S/C8H7F3N2O2/c9-8(10,11)7-5(4-12-13-7)2-1-3-6(14)15/h1-2,4H,3H2,(H,12,13)(H,14,15). The number of aromatic nitrogens is 2. The van der Waals surface area contributed by atoms with E-state index in [0.717, 1.165) is 18.3 Å². The number of halogens is 3. The lowest BCUT2D eigenvalue weighted by molar-refractivity contribution is -0.141. The second-order valence-corrected chi connectivity index (χ2v) is 2.70. The number of hydrogen-bond acceptors (Lipinski definition) is 2. The number of H-pyrrole nitrogens is 1. The molecule has 0 aliphatic heterocycles. The van der Waals surface area contributed by atoms with Crippen LogP contribution in [-0.4, -0.2) is 21.3 Å². The van der Waals surface area contributed by atoms with E-state index in [1.807, 2.05) is 5.10 Å². The molecule has 4 nitrogen and oxygen atoms in total. The van der Waals surface area contributed by atoms with Crippen molar-refractivity contribution < 1.29 is 23.1 Å². The molecule has 1 rings (SSSR count). The number of alkyl halides is 3. The van der Waals surface area contributed by atoms with Crippen LogP contribution in [0, 0.1) is 0 Å². The zero-order chi connectivity index (χ0) is 11.5. The Labute approximate surface area is 82.4 Å². The van der Waals surface area contributed by atoms with Crippen molar-refractivity contribution in [3.63, 3.8) is 0 Å². The second kappa shape index (κ2) is 4.16. The molecule has 0 saturated carbocycles. The van der Waals surface area contributed by atoms with Crippen LogP contribution >= 0.6 is 0 Å². The third-order valence-corrected chi connectivity index (χ3v) is 1.54.